The van der Waals surface area contributed by atoms with Crippen LogP contribution in [0.3, 0.4) is 0 Å². The number of aromatic amines is 1. The average Bonchev–Trinajstić information content (AvgIpc) is 3.67. The molecular formula is C28H33FN8O2. The molecule has 3 saturated heterocycles. The van der Waals surface area contributed by atoms with Crippen molar-refractivity contribution in [2.24, 2.45) is 5.41 Å². The molecule has 0 radical (unpaired) electrons. The summed E-state index contributed by atoms with van der Waals surface area (Å²) in [5.74, 6) is 1.86. The van der Waals surface area contributed by atoms with Crippen LogP contribution < -0.4 is 10.2 Å². The van der Waals surface area contributed by atoms with E-state index in [4.69, 9.17) is 19.7 Å². The van der Waals surface area contributed by atoms with E-state index in [0.29, 0.717) is 50.8 Å². The van der Waals surface area contributed by atoms with Crippen molar-refractivity contribution >= 4 is 33.8 Å². The van der Waals surface area contributed by atoms with E-state index in [2.05, 4.69) is 31.6 Å². The number of morpholine rings is 1. The number of carbonyl (C=O) groups is 1. The maximum atomic E-state index is 15.3. The second-order valence-electron chi connectivity index (χ2n) is 10.8. The predicted molar refractivity (Wildman–Crippen MR) is 146 cm³/mol. The first kappa shape index (κ1) is 24.5. The highest BCUT2D eigenvalue weighted by molar-refractivity contribution is 5.95. The van der Waals surface area contributed by atoms with Crippen LogP contribution in [0, 0.1) is 11.2 Å². The highest BCUT2D eigenvalue weighted by Crippen LogP contribution is 2.39. The maximum absolute atomic E-state index is 15.3. The van der Waals surface area contributed by atoms with Gasteiger partial charge in [0.1, 0.15) is 11.6 Å². The van der Waals surface area contributed by atoms with Gasteiger partial charge in [0.2, 0.25) is 5.91 Å². The lowest BCUT2D eigenvalue weighted by atomic mass is 9.77. The summed E-state index contributed by atoms with van der Waals surface area (Å²) < 4.78 is 23.1. The van der Waals surface area contributed by atoms with Gasteiger partial charge in [-0.2, -0.15) is 0 Å². The van der Waals surface area contributed by atoms with Crippen LogP contribution in [0.5, 0.6) is 0 Å². The number of ether oxygens (including phenoxy) is 1. The number of hydrogen-bond acceptors (Lipinski definition) is 7. The number of benzene rings is 1. The van der Waals surface area contributed by atoms with Gasteiger partial charge in [0, 0.05) is 43.3 Å². The number of nitrogens with zero attached hydrogens (tertiary/aromatic N) is 6. The minimum absolute atomic E-state index is 0.200. The summed E-state index contributed by atoms with van der Waals surface area (Å²) >= 11 is 0. The van der Waals surface area contributed by atoms with Gasteiger partial charge in [-0.05, 0) is 57.5 Å². The third-order valence-electron chi connectivity index (χ3n) is 8.74. The second kappa shape index (κ2) is 9.56. The normalized spacial score (nSPS) is 19.9. The summed E-state index contributed by atoms with van der Waals surface area (Å²) in [4.78, 5) is 35.2. The van der Waals surface area contributed by atoms with Crippen molar-refractivity contribution < 1.29 is 13.9 Å². The molecule has 0 bridgehead atoms. The van der Waals surface area contributed by atoms with Gasteiger partial charge < -0.3 is 24.5 Å². The molecule has 1 aromatic carbocycles. The van der Waals surface area contributed by atoms with Crippen LogP contribution in [0.15, 0.2) is 24.4 Å². The van der Waals surface area contributed by atoms with E-state index in [1.54, 1.807) is 12.3 Å². The summed E-state index contributed by atoms with van der Waals surface area (Å²) in [5.41, 5.74) is 2.49. The second-order valence-corrected chi connectivity index (χ2v) is 10.8. The zero-order valence-electron chi connectivity index (χ0n) is 22.2. The van der Waals surface area contributed by atoms with Crippen molar-refractivity contribution in [3.8, 4) is 11.4 Å². The maximum Gasteiger partial charge on any atom is 0.226 e. The largest absolute Gasteiger partial charge is 0.378 e. The van der Waals surface area contributed by atoms with Gasteiger partial charge in [-0.15, -0.1) is 0 Å². The molecule has 0 saturated carbocycles. The molecule has 3 fully saturated rings. The minimum Gasteiger partial charge on any atom is -0.378 e. The van der Waals surface area contributed by atoms with Crippen molar-refractivity contribution in [3.63, 3.8) is 0 Å². The van der Waals surface area contributed by atoms with Gasteiger partial charge in [-0.1, -0.05) is 0 Å². The average molecular weight is 533 g/mol. The Morgan fingerprint density at radius 1 is 1.05 bits per heavy atom. The molecule has 0 atom stereocenters. The summed E-state index contributed by atoms with van der Waals surface area (Å²) in [5, 5.41) is 3.77. The molecule has 7 rings (SSSR count). The van der Waals surface area contributed by atoms with Gasteiger partial charge in [0.15, 0.2) is 22.8 Å². The first-order valence-corrected chi connectivity index (χ1v) is 13.9. The Hall–Kier alpha value is -3.57. The molecule has 6 heterocycles. The molecule has 39 heavy (non-hydrogen) atoms. The monoisotopic (exact) mass is 532 g/mol. The Labute approximate surface area is 225 Å². The van der Waals surface area contributed by atoms with Gasteiger partial charge >= 0.3 is 0 Å². The molecule has 1 amide bonds. The van der Waals surface area contributed by atoms with E-state index in [9.17, 15) is 4.79 Å². The fourth-order valence-electron chi connectivity index (χ4n) is 6.46. The molecule has 4 aromatic rings. The van der Waals surface area contributed by atoms with E-state index in [-0.39, 0.29) is 17.1 Å². The topological polar surface area (TPSA) is 104 Å². The Bertz CT molecular complexity index is 1550. The number of likely N-dealkylation sites (tertiary alicyclic amines) is 1. The lowest BCUT2D eigenvalue weighted by molar-refractivity contribution is -0.130. The first-order chi connectivity index (χ1) is 19.1. The Morgan fingerprint density at radius 2 is 1.87 bits per heavy atom. The molecular weight excluding hydrogens is 499 g/mol. The molecule has 2 N–H and O–H groups in total. The fraction of sp³-hybridized carbons (Fsp3) is 0.500. The van der Waals surface area contributed by atoms with Crippen molar-refractivity contribution in [2.45, 2.75) is 39.3 Å². The molecule has 3 aliphatic heterocycles. The number of rotatable bonds is 5. The lowest BCUT2D eigenvalue weighted by Crippen LogP contribution is -2.43. The van der Waals surface area contributed by atoms with Crippen molar-refractivity contribution in [1.82, 2.24) is 34.7 Å². The molecule has 3 aromatic heterocycles. The number of carbonyl (C=O) groups excluding carboxylic acids is 1. The van der Waals surface area contributed by atoms with E-state index >= 15 is 4.39 Å². The number of fused-ring (bicyclic) bond motifs is 2. The minimum atomic E-state index is -0.352. The number of nitrogens with one attached hydrogen (secondary N) is 2. The Kier molecular flexibility index (Phi) is 6.00. The molecule has 3 aliphatic rings. The number of halogens is 1. The number of anilines is 1. The number of H-pyrrole nitrogens is 1. The third-order valence-corrected chi connectivity index (χ3v) is 8.74. The van der Waals surface area contributed by atoms with Crippen LogP contribution >= 0.6 is 0 Å². The Balaban J connectivity index is 1.30. The van der Waals surface area contributed by atoms with Crippen LogP contribution in [0.2, 0.25) is 0 Å². The highest BCUT2D eigenvalue weighted by Gasteiger charge is 2.44. The SMILES string of the molecule is CCn1c(CN2CCC3(CCNC3=O)CC2)nc2c(N3CCOCC3)nc(-c3c(F)ccc4[nH]ccc34)nc21. The standard InChI is InChI=1S/C28H33FN8O2/c1-2-37-21(17-35-11-7-28(8-12-35)6-10-31-27(28)38)32-23-25(36-13-15-39-16-14-36)33-24(34-26(23)37)22-18-5-9-30-20(18)4-3-19(22)29/h3-5,9,30H,2,6-8,10-17H2,1H3,(H,31,38). The summed E-state index contributed by atoms with van der Waals surface area (Å²) in [6, 6.07) is 5.07. The smallest absolute Gasteiger partial charge is 0.226 e. The molecule has 204 valence electrons. The number of imidazole rings is 1. The summed E-state index contributed by atoms with van der Waals surface area (Å²) in [6.45, 7) is 8.52. The van der Waals surface area contributed by atoms with E-state index in [1.165, 1.54) is 6.07 Å². The quantitative estimate of drug-likeness (QED) is 0.407. The van der Waals surface area contributed by atoms with Crippen molar-refractivity contribution in [3.05, 3.63) is 36.0 Å². The van der Waals surface area contributed by atoms with Gasteiger partial charge in [-0.3, -0.25) is 9.69 Å². The van der Waals surface area contributed by atoms with Crippen LogP contribution in [0.25, 0.3) is 33.5 Å². The van der Waals surface area contributed by atoms with E-state index in [1.807, 2.05) is 6.07 Å². The molecule has 0 unspecified atom stereocenters. The van der Waals surface area contributed by atoms with E-state index < -0.39 is 0 Å². The third kappa shape index (κ3) is 4.06. The number of hydrogen-bond donors (Lipinski definition) is 2. The highest BCUT2D eigenvalue weighted by atomic mass is 19.1. The number of piperidine rings is 1. The van der Waals surface area contributed by atoms with Crippen molar-refractivity contribution in [1.29, 1.82) is 0 Å². The van der Waals surface area contributed by atoms with Crippen LogP contribution in [0.4, 0.5) is 10.2 Å². The predicted octanol–water partition coefficient (Wildman–Crippen LogP) is 3.07. The zero-order chi connectivity index (χ0) is 26.6. The van der Waals surface area contributed by atoms with Crippen molar-refractivity contribution in [2.75, 3.05) is 50.8 Å². The number of aryl methyl sites for hydroxylation is 1. The summed E-state index contributed by atoms with van der Waals surface area (Å²) in [6.07, 6.45) is 4.47. The fourth-order valence-corrected chi connectivity index (χ4v) is 6.46. The number of amides is 1. The van der Waals surface area contributed by atoms with Crippen LogP contribution in [0.1, 0.15) is 32.0 Å². The lowest BCUT2D eigenvalue weighted by Gasteiger charge is -2.37. The first-order valence-electron chi connectivity index (χ1n) is 13.9. The Morgan fingerprint density at radius 3 is 2.62 bits per heavy atom. The molecule has 0 aliphatic carbocycles. The van der Waals surface area contributed by atoms with Crippen LogP contribution in [-0.2, 0) is 22.6 Å². The number of aromatic nitrogens is 5. The summed E-state index contributed by atoms with van der Waals surface area (Å²) in [7, 11) is 0. The molecule has 11 heteroatoms. The van der Waals surface area contributed by atoms with E-state index in [0.717, 1.165) is 72.6 Å². The van der Waals surface area contributed by atoms with Gasteiger partial charge in [-0.25, -0.2) is 19.3 Å². The molecule has 1 spiro atoms. The van der Waals surface area contributed by atoms with Gasteiger partial charge in [0.25, 0.3) is 0 Å². The zero-order valence-corrected chi connectivity index (χ0v) is 22.2. The van der Waals surface area contributed by atoms with Crippen LogP contribution in [-0.4, -0.2) is 81.2 Å². The molecule has 10 nitrogen and oxygen atoms in total. The van der Waals surface area contributed by atoms with Gasteiger partial charge in [0.05, 0.1) is 30.7 Å².